The molecule has 0 spiro atoms. The molecule has 3 nitrogen and oxygen atoms in total. The summed E-state index contributed by atoms with van der Waals surface area (Å²) in [4.78, 5) is 11.1. The molecule has 0 fully saturated rings. The van der Waals surface area contributed by atoms with Crippen molar-refractivity contribution in [3.63, 3.8) is 0 Å². The normalized spacial score (nSPS) is 10.7. The summed E-state index contributed by atoms with van der Waals surface area (Å²) >= 11 is 1.32. The molecule has 4 heteroatoms. The van der Waals surface area contributed by atoms with Crippen molar-refractivity contribution in [3.8, 4) is 0 Å². The minimum absolute atomic E-state index is 0.391. The van der Waals surface area contributed by atoms with E-state index in [1.165, 1.54) is 17.1 Å². The van der Waals surface area contributed by atoms with Gasteiger partial charge in [0.2, 0.25) is 0 Å². The molecule has 72 valence electrons. The Balaban J connectivity index is 2.85. The Morgan fingerprint density at radius 2 is 2.14 bits per heavy atom. The SMILES string of the molecule is Cc1cc(C)c2c(C(N)=O)nsc2c1. The first kappa shape index (κ1) is 9.15. The first-order valence-corrected chi connectivity index (χ1v) is 5.03. The predicted molar refractivity (Wildman–Crippen MR) is 57.6 cm³/mol. The van der Waals surface area contributed by atoms with Crippen LogP contribution in [0.3, 0.4) is 0 Å². The van der Waals surface area contributed by atoms with Crippen molar-refractivity contribution in [3.05, 3.63) is 29.0 Å². The Bertz CT molecular complexity index is 516. The number of amides is 1. The summed E-state index contributed by atoms with van der Waals surface area (Å²) in [6, 6.07) is 4.05. The van der Waals surface area contributed by atoms with E-state index in [2.05, 4.69) is 4.37 Å². The molecule has 0 bridgehead atoms. The van der Waals surface area contributed by atoms with Gasteiger partial charge in [0.1, 0.15) is 5.69 Å². The predicted octanol–water partition coefficient (Wildman–Crippen LogP) is 2.01. The summed E-state index contributed by atoms with van der Waals surface area (Å²) in [7, 11) is 0. The van der Waals surface area contributed by atoms with Crippen LogP contribution in [0.1, 0.15) is 21.6 Å². The van der Waals surface area contributed by atoms with E-state index in [4.69, 9.17) is 5.73 Å². The van der Waals surface area contributed by atoms with Crippen molar-refractivity contribution in [2.75, 3.05) is 0 Å². The van der Waals surface area contributed by atoms with Crippen LogP contribution in [0, 0.1) is 13.8 Å². The Labute approximate surface area is 85.7 Å². The zero-order valence-electron chi connectivity index (χ0n) is 8.00. The monoisotopic (exact) mass is 206 g/mol. The van der Waals surface area contributed by atoms with Gasteiger partial charge in [-0.25, -0.2) is 0 Å². The van der Waals surface area contributed by atoms with Crippen LogP contribution in [0.5, 0.6) is 0 Å². The highest BCUT2D eigenvalue weighted by Crippen LogP contribution is 2.27. The quantitative estimate of drug-likeness (QED) is 0.776. The minimum Gasteiger partial charge on any atom is -0.364 e. The molecule has 0 saturated carbocycles. The maximum atomic E-state index is 11.1. The lowest BCUT2D eigenvalue weighted by Crippen LogP contribution is -2.11. The van der Waals surface area contributed by atoms with Crippen LogP contribution in [0.4, 0.5) is 0 Å². The van der Waals surface area contributed by atoms with Crippen molar-refractivity contribution >= 4 is 27.5 Å². The van der Waals surface area contributed by atoms with Gasteiger partial charge in [0, 0.05) is 5.39 Å². The maximum absolute atomic E-state index is 11.1. The van der Waals surface area contributed by atoms with Gasteiger partial charge in [-0.05, 0) is 42.6 Å². The van der Waals surface area contributed by atoms with Crippen molar-refractivity contribution in [2.45, 2.75) is 13.8 Å². The largest absolute Gasteiger partial charge is 0.364 e. The van der Waals surface area contributed by atoms with E-state index in [1.807, 2.05) is 26.0 Å². The van der Waals surface area contributed by atoms with Gasteiger partial charge < -0.3 is 5.73 Å². The number of carbonyl (C=O) groups is 1. The molecule has 1 amide bonds. The Hall–Kier alpha value is -1.42. The number of hydrogen-bond acceptors (Lipinski definition) is 3. The van der Waals surface area contributed by atoms with E-state index < -0.39 is 5.91 Å². The standard InChI is InChI=1S/C10H10N2OS/c1-5-3-6(2)8-7(4-5)14-12-9(8)10(11)13/h3-4H,1-2H3,(H2,11,13). The third kappa shape index (κ3) is 1.28. The van der Waals surface area contributed by atoms with Crippen LogP contribution in [-0.4, -0.2) is 10.3 Å². The average Bonchev–Trinajstić information content (AvgIpc) is 2.47. The van der Waals surface area contributed by atoms with E-state index in [0.29, 0.717) is 5.69 Å². The molecule has 2 aromatic rings. The van der Waals surface area contributed by atoms with Crippen LogP contribution in [-0.2, 0) is 0 Å². The number of hydrogen-bond donors (Lipinski definition) is 1. The molecule has 2 N–H and O–H groups in total. The van der Waals surface area contributed by atoms with Crippen molar-refractivity contribution < 1.29 is 4.79 Å². The molecule has 1 heterocycles. The van der Waals surface area contributed by atoms with Gasteiger partial charge in [-0.15, -0.1) is 0 Å². The summed E-state index contributed by atoms with van der Waals surface area (Å²) in [6.07, 6.45) is 0. The van der Waals surface area contributed by atoms with Crippen LogP contribution in [0.15, 0.2) is 12.1 Å². The first-order valence-electron chi connectivity index (χ1n) is 4.26. The highest BCUT2D eigenvalue weighted by Gasteiger charge is 2.13. The van der Waals surface area contributed by atoms with Gasteiger partial charge in [-0.3, -0.25) is 4.79 Å². The van der Waals surface area contributed by atoms with E-state index in [0.717, 1.165) is 15.6 Å². The van der Waals surface area contributed by atoms with Crippen molar-refractivity contribution in [1.29, 1.82) is 0 Å². The zero-order valence-corrected chi connectivity index (χ0v) is 8.81. The molecule has 1 aromatic carbocycles. The average molecular weight is 206 g/mol. The molecule has 0 atom stereocenters. The lowest BCUT2D eigenvalue weighted by Gasteiger charge is -1.99. The van der Waals surface area contributed by atoms with Crippen LogP contribution in [0.2, 0.25) is 0 Å². The number of aromatic nitrogens is 1. The number of carbonyl (C=O) groups excluding carboxylic acids is 1. The van der Waals surface area contributed by atoms with E-state index >= 15 is 0 Å². The summed E-state index contributed by atoms with van der Waals surface area (Å²) < 4.78 is 5.09. The van der Waals surface area contributed by atoms with Gasteiger partial charge in [0.15, 0.2) is 0 Å². The summed E-state index contributed by atoms with van der Waals surface area (Å²) in [6.45, 7) is 3.99. The fraction of sp³-hybridized carbons (Fsp3) is 0.200. The molecule has 2 rings (SSSR count). The molecule has 14 heavy (non-hydrogen) atoms. The number of nitrogens with zero attached hydrogens (tertiary/aromatic N) is 1. The van der Waals surface area contributed by atoms with Gasteiger partial charge in [-0.2, -0.15) is 4.37 Å². The molecular weight excluding hydrogens is 196 g/mol. The van der Waals surface area contributed by atoms with Crippen molar-refractivity contribution in [1.82, 2.24) is 4.37 Å². The first-order chi connectivity index (χ1) is 6.59. The Morgan fingerprint density at radius 3 is 2.79 bits per heavy atom. The third-order valence-electron chi connectivity index (χ3n) is 2.15. The molecule has 1 aromatic heterocycles. The number of rotatable bonds is 1. The maximum Gasteiger partial charge on any atom is 0.269 e. The summed E-state index contributed by atoms with van der Waals surface area (Å²) in [5, 5.41) is 0.896. The topological polar surface area (TPSA) is 56.0 Å². The second-order valence-electron chi connectivity index (χ2n) is 3.35. The number of aryl methyl sites for hydroxylation is 2. The van der Waals surface area contributed by atoms with E-state index in [-0.39, 0.29) is 0 Å². The molecule has 0 aliphatic heterocycles. The summed E-state index contributed by atoms with van der Waals surface area (Å²) in [5.41, 5.74) is 7.86. The fourth-order valence-corrected chi connectivity index (χ4v) is 2.57. The number of primary amides is 1. The van der Waals surface area contributed by atoms with Gasteiger partial charge in [-0.1, -0.05) is 6.07 Å². The Morgan fingerprint density at radius 1 is 1.43 bits per heavy atom. The number of benzene rings is 1. The zero-order chi connectivity index (χ0) is 10.3. The lowest BCUT2D eigenvalue weighted by molar-refractivity contribution is 0.0998. The van der Waals surface area contributed by atoms with Crippen LogP contribution < -0.4 is 5.73 Å². The molecule has 0 unspecified atom stereocenters. The van der Waals surface area contributed by atoms with Gasteiger partial charge in [0.05, 0.1) is 4.70 Å². The Kier molecular flexibility index (Phi) is 2.00. The highest BCUT2D eigenvalue weighted by molar-refractivity contribution is 7.13. The molecule has 0 saturated heterocycles. The molecule has 0 radical (unpaired) electrons. The number of nitrogens with two attached hydrogens (primary N) is 1. The van der Waals surface area contributed by atoms with Crippen molar-refractivity contribution in [2.24, 2.45) is 5.73 Å². The third-order valence-corrected chi connectivity index (χ3v) is 2.94. The second kappa shape index (κ2) is 3.06. The number of fused-ring (bicyclic) bond motifs is 1. The van der Waals surface area contributed by atoms with Crippen LogP contribution >= 0.6 is 11.5 Å². The van der Waals surface area contributed by atoms with Gasteiger partial charge in [0.25, 0.3) is 5.91 Å². The molecular formula is C10H10N2OS. The molecule has 0 aliphatic carbocycles. The highest BCUT2D eigenvalue weighted by atomic mass is 32.1. The van der Waals surface area contributed by atoms with Crippen LogP contribution in [0.25, 0.3) is 10.1 Å². The van der Waals surface area contributed by atoms with E-state index in [9.17, 15) is 4.79 Å². The van der Waals surface area contributed by atoms with Gasteiger partial charge >= 0.3 is 0 Å². The second-order valence-corrected chi connectivity index (χ2v) is 4.16. The smallest absolute Gasteiger partial charge is 0.269 e. The summed E-state index contributed by atoms with van der Waals surface area (Å²) in [5.74, 6) is -0.455. The lowest BCUT2D eigenvalue weighted by atomic mass is 10.1. The minimum atomic E-state index is -0.455. The van der Waals surface area contributed by atoms with E-state index in [1.54, 1.807) is 0 Å². The molecule has 0 aliphatic rings. The fourth-order valence-electron chi connectivity index (χ4n) is 1.61.